The van der Waals surface area contributed by atoms with E-state index < -0.39 is 0 Å². The number of hydrogen-bond acceptors (Lipinski definition) is 4. The minimum atomic E-state index is -0.384. The molecule has 0 aliphatic heterocycles. The second-order valence-corrected chi connectivity index (χ2v) is 4.04. The third-order valence-electron chi connectivity index (χ3n) is 3.02. The summed E-state index contributed by atoms with van der Waals surface area (Å²) in [5.74, 6) is -0.384. The lowest BCUT2D eigenvalue weighted by Gasteiger charge is -2.10. The Hall–Kier alpha value is -1.36. The van der Waals surface area contributed by atoms with Crippen molar-refractivity contribution in [2.45, 2.75) is 18.3 Å². The molecule has 1 aromatic heterocycles. The summed E-state index contributed by atoms with van der Waals surface area (Å²) < 4.78 is 6.34. The van der Waals surface area contributed by atoms with Gasteiger partial charge in [0.2, 0.25) is 0 Å². The molecule has 0 aromatic carbocycles. The first kappa shape index (κ1) is 10.2. The van der Waals surface area contributed by atoms with Crippen molar-refractivity contribution in [2.75, 3.05) is 13.7 Å². The zero-order chi connectivity index (χ0) is 11.1. The van der Waals surface area contributed by atoms with Crippen LogP contribution in [0.4, 0.5) is 0 Å². The van der Waals surface area contributed by atoms with Gasteiger partial charge in [-0.3, -0.25) is 4.68 Å². The van der Waals surface area contributed by atoms with E-state index in [9.17, 15) is 4.79 Å². The highest BCUT2D eigenvalue weighted by molar-refractivity contribution is 5.89. The Balaban J connectivity index is 2.42. The van der Waals surface area contributed by atoms with E-state index in [1.54, 1.807) is 11.7 Å². The highest BCUT2D eigenvalue weighted by atomic mass is 16.5. The van der Waals surface area contributed by atoms with Crippen molar-refractivity contribution in [1.82, 2.24) is 9.78 Å². The molecule has 1 aromatic rings. The van der Waals surface area contributed by atoms with Crippen molar-refractivity contribution in [3.05, 3.63) is 17.5 Å². The molecular formula is C10H15N3O2. The number of nitrogens with zero attached hydrogens (tertiary/aromatic N) is 2. The Morgan fingerprint density at radius 1 is 1.73 bits per heavy atom. The maximum Gasteiger partial charge on any atom is 0.358 e. The van der Waals surface area contributed by atoms with Gasteiger partial charge in [-0.2, -0.15) is 5.10 Å². The van der Waals surface area contributed by atoms with Crippen LogP contribution in [0.5, 0.6) is 0 Å². The lowest BCUT2D eigenvalue weighted by molar-refractivity contribution is 0.0591. The van der Waals surface area contributed by atoms with Gasteiger partial charge in [-0.1, -0.05) is 0 Å². The molecule has 0 spiro atoms. The summed E-state index contributed by atoms with van der Waals surface area (Å²) in [6.45, 7) is 0.558. The van der Waals surface area contributed by atoms with Crippen LogP contribution in [0.25, 0.3) is 0 Å². The first-order valence-electron chi connectivity index (χ1n) is 4.95. The van der Waals surface area contributed by atoms with Crippen LogP contribution in [-0.4, -0.2) is 29.4 Å². The minimum absolute atomic E-state index is 0.0300. The molecule has 15 heavy (non-hydrogen) atoms. The predicted octanol–water partition coefficient (Wildman–Crippen LogP) is 0.197. The smallest absolute Gasteiger partial charge is 0.358 e. The van der Waals surface area contributed by atoms with E-state index >= 15 is 0 Å². The summed E-state index contributed by atoms with van der Waals surface area (Å²) in [6.07, 6.45) is 3.92. The molecule has 0 amide bonds. The molecule has 5 nitrogen and oxygen atoms in total. The van der Waals surface area contributed by atoms with Gasteiger partial charge in [-0.25, -0.2) is 4.79 Å². The fourth-order valence-corrected chi connectivity index (χ4v) is 1.86. The zero-order valence-corrected chi connectivity index (χ0v) is 8.99. The number of rotatable bonds is 3. The maximum absolute atomic E-state index is 11.5. The number of nitrogens with two attached hydrogens (primary N) is 1. The third-order valence-corrected chi connectivity index (χ3v) is 3.02. The first-order valence-corrected chi connectivity index (χ1v) is 4.95. The molecule has 1 heterocycles. The number of aryl methyl sites for hydroxylation is 1. The Bertz CT molecular complexity index is 393. The van der Waals surface area contributed by atoms with Crippen molar-refractivity contribution >= 4 is 5.97 Å². The number of methoxy groups -OCH3 is 1. The van der Waals surface area contributed by atoms with E-state index in [-0.39, 0.29) is 11.4 Å². The van der Waals surface area contributed by atoms with Gasteiger partial charge in [-0.05, 0) is 12.8 Å². The fraction of sp³-hybridized carbons (Fsp3) is 0.600. The molecule has 0 bridgehead atoms. The first-order chi connectivity index (χ1) is 7.13. The van der Waals surface area contributed by atoms with Gasteiger partial charge in [0.05, 0.1) is 7.11 Å². The number of carbonyl (C=O) groups excluding carboxylic acids is 1. The van der Waals surface area contributed by atoms with Gasteiger partial charge < -0.3 is 10.5 Å². The number of carbonyl (C=O) groups is 1. The summed E-state index contributed by atoms with van der Waals surface area (Å²) in [5.41, 5.74) is 7.04. The monoisotopic (exact) mass is 209 g/mol. The van der Waals surface area contributed by atoms with Gasteiger partial charge in [0, 0.05) is 30.8 Å². The second-order valence-electron chi connectivity index (χ2n) is 4.04. The maximum atomic E-state index is 11.5. The Morgan fingerprint density at radius 2 is 2.40 bits per heavy atom. The summed E-state index contributed by atoms with van der Waals surface area (Å²) in [6, 6.07) is 0. The number of ether oxygens (including phenoxy) is 1. The quantitative estimate of drug-likeness (QED) is 0.722. The average molecular weight is 209 g/mol. The topological polar surface area (TPSA) is 70.1 Å². The van der Waals surface area contributed by atoms with E-state index in [1.165, 1.54) is 7.11 Å². The third kappa shape index (κ3) is 1.52. The van der Waals surface area contributed by atoms with E-state index in [0.717, 1.165) is 18.4 Å². The molecule has 1 fully saturated rings. The summed E-state index contributed by atoms with van der Waals surface area (Å²) in [4.78, 5) is 11.5. The van der Waals surface area contributed by atoms with Crippen LogP contribution in [0, 0.1) is 0 Å². The Kier molecular flexibility index (Phi) is 2.26. The second kappa shape index (κ2) is 3.34. The van der Waals surface area contributed by atoms with E-state index in [4.69, 9.17) is 10.5 Å². The molecule has 1 aliphatic carbocycles. The van der Waals surface area contributed by atoms with Gasteiger partial charge in [-0.15, -0.1) is 0 Å². The molecule has 82 valence electrons. The van der Waals surface area contributed by atoms with Crippen molar-refractivity contribution in [3.63, 3.8) is 0 Å². The number of esters is 1. The van der Waals surface area contributed by atoms with Crippen LogP contribution in [0.1, 0.15) is 28.9 Å². The molecule has 0 unspecified atom stereocenters. The van der Waals surface area contributed by atoms with E-state index in [1.807, 2.05) is 6.20 Å². The van der Waals surface area contributed by atoms with Crippen LogP contribution in [0.3, 0.4) is 0 Å². The number of aromatic nitrogens is 2. The van der Waals surface area contributed by atoms with Crippen LogP contribution >= 0.6 is 0 Å². The van der Waals surface area contributed by atoms with Gasteiger partial charge in [0.1, 0.15) is 0 Å². The normalized spacial score (nSPS) is 17.5. The average Bonchev–Trinajstić information content (AvgIpc) is 2.95. The molecule has 2 rings (SSSR count). The predicted molar refractivity (Wildman–Crippen MR) is 54.5 cm³/mol. The molecule has 0 saturated heterocycles. The zero-order valence-electron chi connectivity index (χ0n) is 8.99. The van der Waals surface area contributed by atoms with Crippen LogP contribution in [-0.2, 0) is 17.2 Å². The van der Waals surface area contributed by atoms with Crippen LogP contribution in [0.2, 0.25) is 0 Å². The van der Waals surface area contributed by atoms with Gasteiger partial charge in [0.25, 0.3) is 0 Å². The minimum Gasteiger partial charge on any atom is -0.464 e. The number of hydrogen-bond donors (Lipinski definition) is 1. The molecular weight excluding hydrogens is 194 g/mol. The van der Waals surface area contributed by atoms with E-state index in [2.05, 4.69) is 5.10 Å². The lowest BCUT2D eigenvalue weighted by Crippen LogP contribution is -2.22. The van der Waals surface area contributed by atoms with Gasteiger partial charge >= 0.3 is 5.97 Å². The standard InChI is InChI=1S/C10H15N3O2/c1-13-5-7(10(6-11)3-4-10)8(12-13)9(14)15-2/h5H,3-4,6,11H2,1-2H3. The van der Waals surface area contributed by atoms with Crippen molar-refractivity contribution < 1.29 is 9.53 Å². The van der Waals surface area contributed by atoms with E-state index in [0.29, 0.717) is 12.2 Å². The fourth-order valence-electron chi connectivity index (χ4n) is 1.86. The summed E-state index contributed by atoms with van der Waals surface area (Å²) >= 11 is 0. The Morgan fingerprint density at radius 3 is 2.87 bits per heavy atom. The van der Waals surface area contributed by atoms with Crippen LogP contribution < -0.4 is 5.73 Å². The van der Waals surface area contributed by atoms with Gasteiger partial charge in [0.15, 0.2) is 5.69 Å². The lowest BCUT2D eigenvalue weighted by atomic mass is 9.97. The molecule has 5 heteroatoms. The molecule has 0 radical (unpaired) electrons. The molecule has 2 N–H and O–H groups in total. The SMILES string of the molecule is COC(=O)c1nn(C)cc1C1(CN)CC1. The highest BCUT2D eigenvalue weighted by Gasteiger charge is 2.46. The summed E-state index contributed by atoms with van der Waals surface area (Å²) in [7, 11) is 3.16. The van der Waals surface area contributed by atoms with Crippen LogP contribution in [0.15, 0.2) is 6.20 Å². The largest absolute Gasteiger partial charge is 0.464 e. The summed E-state index contributed by atoms with van der Waals surface area (Å²) in [5, 5.41) is 4.12. The molecule has 1 aliphatic rings. The molecule has 1 saturated carbocycles. The highest BCUT2D eigenvalue weighted by Crippen LogP contribution is 2.48. The van der Waals surface area contributed by atoms with Crippen molar-refractivity contribution in [1.29, 1.82) is 0 Å². The van der Waals surface area contributed by atoms with Crippen molar-refractivity contribution in [3.8, 4) is 0 Å². The van der Waals surface area contributed by atoms with Crippen molar-refractivity contribution in [2.24, 2.45) is 12.8 Å². The Labute approximate surface area is 88.2 Å². The molecule has 0 atom stereocenters.